The van der Waals surface area contributed by atoms with E-state index in [9.17, 15) is 0 Å². The van der Waals surface area contributed by atoms with Gasteiger partial charge in [-0.3, -0.25) is 0 Å². The molecular weight excluding hydrogens is 242 g/mol. The summed E-state index contributed by atoms with van der Waals surface area (Å²) in [6.07, 6.45) is 11.6. The lowest BCUT2D eigenvalue weighted by molar-refractivity contribution is 0.0713. The van der Waals surface area contributed by atoms with Gasteiger partial charge in [0.05, 0.1) is 0 Å². The molecule has 0 bridgehead atoms. The molecule has 0 amide bonds. The van der Waals surface area contributed by atoms with Crippen molar-refractivity contribution in [2.24, 2.45) is 29.1 Å². The quantitative estimate of drug-likeness (QED) is 0.724. The van der Waals surface area contributed by atoms with Gasteiger partial charge in [0.2, 0.25) is 0 Å². The second-order valence-corrected chi connectivity index (χ2v) is 8.61. The molecule has 1 N–H and O–H groups in total. The number of hydrogen-bond acceptors (Lipinski definition) is 1. The summed E-state index contributed by atoms with van der Waals surface area (Å²) >= 11 is 0. The molecule has 0 aromatic rings. The van der Waals surface area contributed by atoms with Gasteiger partial charge in [-0.15, -0.1) is 0 Å². The Kier molecular flexibility index (Phi) is 5.56. The van der Waals surface area contributed by atoms with Crippen LogP contribution in [0.15, 0.2) is 0 Å². The molecule has 0 heterocycles. The summed E-state index contributed by atoms with van der Waals surface area (Å²) < 4.78 is 0. The van der Waals surface area contributed by atoms with Crippen molar-refractivity contribution in [1.82, 2.24) is 5.32 Å². The summed E-state index contributed by atoms with van der Waals surface area (Å²) in [6, 6.07) is 0.762. The van der Waals surface area contributed by atoms with E-state index in [4.69, 9.17) is 0 Å². The smallest absolute Gasteiger partial charge is 0.0149 e. The Morgan fingerprint density at radius 1 is 1.00 bits per heavy atom. The van der Waals surface area contributed by atoms with Crippen LogP contribution in [-0.4, -0.2) is 13.1 Å². The van der Waals surface area contributed by atoms with Gasteiger partial charge in [-0.2, -0.15) is 0 Å². The molecule has 20 heavy (non-hydrogen) atoms. The van der Waals surface area contributed by atoms with Crippen LogP contribution in [-0.2, 0) is 0 Å². The van der Waals surface area contributed by atoms with E-state index >= 15 is 0 Å². The Morgan fingerprint density at radius 3 is 2.00 bits per heavy atom. The van der Waals surface area contributed by atoms with Gasteiger partial charge in [0.25, 0.3) is 0 Å². The molecule has 2 rings (SSSR count). The van der Waals surface area contributed by atoms with E-state index in [0.29, 0.717) is 5.41 Å². The molecule has 0 radical (unpaired) electrons. The first-order chi connectivity index (χ1) is 9.47. The molecule has 2 aliphatic rings. The summed E-state index contributed by atoms with van der Waals surface area (Å²) in [4.78, 5) is 0. The molecule has 0 saturated heterocycles. The Hall–Kier alpha value is -0.0400. The van der Waals surface area contributed by atoms with Gasteiger partial charge < -0.3 is 5.32 Å². The predicted molar refractivity (Wildman–Crippen MR) is 88.9 cm³/mol. The normalized spacial score (nSPS) is 35.4. The minimum absolute atomic E-state index is 0.602. The Bertz CT molecular complexity index is 280. The summed E-state index contributed by atoms with van der Waals surface area (Å²) in [7, 11) is 2.23. The third-order valence-electron chi connectivity index (χ3n) is 6.07. The molecule has 0 aromatic heterocycles. The van der Waals surface area contributed by atoms with E-state index in [1.54, 1.807) is 0 Å². The molecule has 3 unspecified atom stereocenters. The highest BCUT2D eigenvalue weighted by Crippen LogP contribution is 2.50. The first-order valence-corrected chi connectivity index (χ1v) is 9.14. The minimum atomic E-state index is 0.602. The molecule has 1 heteroatoms. The minimum Gasteiger partial charge on any atom is -0.316 e. The molecule has 2 saturated carbocycles. The fraction of sp³-hybridized carbons (Fsp3) is 1.00. The zero-order valence-electron chi connectivity index (χ0n) is 14.5. The van der Waals surface area contributed by atoms with Crippen LogP contribution in [0.4, 0.5) is 0 Å². The van der Waals surface area contributed by atoms with Crippen LogP contribution in [0, 0.1) is 29.1 Å². The predicted octanol–water partition coefficient (Wildman–Crippen LogP) is 5.25. The third kappa shape index (κ3) is 3.59. The summed E-state index contributed by atoms with van der Waals surface area (Å²) in [6.45, 7) is 9.77. The maximum Gasteiger partial charge on any atom is 0.0149 e. The Balaban J connectivity index is 2.15. The van der Waals surface area contributed by atoms with E-state index in [-0.39, 0.29) is 0 Å². The second-order valence-electron chi connectivity index (χ2n) is 8.61. The fourth-order valence-electron chi connectivity index (χ4n) is 5.86. The standard InChI is InChI=1S/C19H37N/c1-14(2)13-19(8-6-7-9-19)18(20-5)17-11-15(3)10-16(4)12-17/h14-18,20H,6-13H2,1-5H3. The van der Waals surface area contributed by atoms with E-state index < -0.39 is 0 Å². The average Bonchev–Trinajstić information content (AvgIpc) is 2.76. The lowest BCUT2D eigenvalue weighted by atomic mass is 9.63. The molecule has 3 atom stereocenters. The molecule has 1 nitrogen and oxygen atoms in total. The van der Waals surface area contributed by atoms with E-state index in [0.717, 1.165) is 29.7 Å². The number of rotatable bonds is 5. The highest BCUT2D eigenvalue weighted by atomic mass is 14.9. The van der Waals surface area contributed by atoms with Crippen molar-refractivity contribution in [2.75, 3.05) is 7.05 Å². The lowest BCUT2D eigenvalue weighted by Crippen LogP contribution is -2.49. The SMILES string of the molecule is CNC(C1CC(C)CC(C)C1)C1(CC(C)C)CCCC1. The highest BCUT2D eigenvalue weighted by Gasteiger charge is 2.45. The van der Waals surface area contributed by atoms with Crippen molar-refractivity contribution in [2.45, 2.75) is 85.1 Å². The van der Waals surface area contributed by atoms with E-state index in [1.807, 2.05) is 0 Å². The molecule has 0 aromatic carbocycles. The van der Waals surface area contributed by atoms with Crippen LogP contribution in [0.3, 0.4) is 0 Å². The summed E-state index contributed by atoms with van der Waals surface area (Å²) in [5.74, 6) is 3.60. The Morgan fingerprint density at radius 2 is 1.55 bits per heavy atom. The number of hydrogen-bond donors (Lipinski definition) is 1. The average molecular weight is 280 g/mol. The van der Waals surface area contributed by atoms with Crippen molar-refractivity contribution in [3.8, 4) is 0 Å². The largest absolute Gasteiger partial charge is 0.316 e. The van der Waals surface area contributed by atoms with E-state index in [1.165, 1.54) is 51.4 Å². The van der Waals surface area contributed by atoms with Gasteiger partial charge in [-0.05, 0) is 74.7 Å². The van der Waals surface area contributed by atoms with Crippen LogP contribution in [0.25, 0.3) is 0 Å². The first kappa shape index (κ1) is 16.3. The van der Waals surface area contributed by atoms with Gasteiger partial charge in [-0.25, -0.2) is 0 Å². The van der Waals surface area contributed by atoms with Gasteiger partial charge in [0, 0.05) is 6.04 Å². The monoisotopic (exact) mass is 279 g/mol. The van der Waals surface area contributed by atoms with Gasteiger partial charge in [0.15, 0.2) is 0 Å². The zero-order valence-corrected chi connectivity index (χ0v) is 14.5. The topological polar surface area (TPSA) is 12.0 Å². The van der Waals surface area contributed by atoms with Crippen LogP contribution in [0.1, 0.15) is 79.1 Å². The fourth-order valence-corrected chi connectivity index (χ4v) is 5.86. The van der Waals surface area contributed by atoms with Crippen LogP contribution >= 0.6 is 0 Å². The molecule has 0 spiro atoms. The summed E-state index contributed by atoms with van der Waals surface area (Å²) in [5.41, 5.74) is 0.602. The van der Waals surface area contributed by atoms with Crippen molar-refractivity contribution in [3.05, 3.63) is 0 Å². The van der Waals surface area contributed by atoms with Crippen LogP contribution in [0.5, 0.6) is 0 Å². The van der Waals surface area contributed by atoms with Gasteiger partial charge >= 0.3 is 0 Å². The summed E-state index contributed by atoms with van der Waals surface area (Å²) in [5, 5.41) is 3.80. The van der Waals surface area contributed by atoms with E-state index in [2.05, 4.69) is 40.1 Å². The van der Waals surface area contributed by atoms with Gasteiger partial charge in [-0.1, -0.05) is 40.5 Å². The maximum absolute atomic E-state index is 3.80. The molecule has 2 fully saturated rings. The molecular formula is C19H37N. The number of nitrogens with one attached hydrogen (secondary N) is 1. The Labute approximate surface area is 127 Å². The zero-order chi connectivity index (χ0) is 14.8. The van der Waals surface area contributed by atoms with Crippen molar-refractivity contribution < 1.29 is 0 Å². The van der Waals surface area contributed by atoms with Crippen LogP contribution < -0.4 is 5.32 Å². The van der Waals surface area contributed by atoms with Crippen molar-refractivity contribution in [3.63, 3.8) is 0 Å². The van der Waals surface area contributed by atoms with Gasteiger partial charge in [0.1, 0.15) is 0 Å². The maximum atomic E-state index is 3.80. The lowest BCUT2D eigenvalue weighted by Gasteiger charge is -2.46. The van der Waals surface area contributed by atoms with Crippen molar-refractivity contribution in [1.29, 1.82) is 0 Å². The molecule has 118 valence electrons. The first-order valence-electron chi connectivity index (χ1n) is 9.14. The van der Waals surface area contributed by atoms with Crippen LogP contribution in [0.2, 0.25) is 0 Å². The molecule has 2 aliphatic carbocycles. The molecule has 0 aliphatic heterocycles. The second kappa shape index (κ2) is 6.81. The third-order valence-corrected chi connectivity index (χ3v) is 6.07. The highest BCUT2D eigenvalue weighted by molar-refractivity contribution is 4.99. The van der Waals surface area contributed by atoms with Crippen molar-refractivity contribution >= 4 is 0 Å².